The maximum absolute atomic E-state index is 12.6. The zero-order valence-electron chi connectivity index (χ0n) is 19.1. The van der Waals surface area contributed by atoms with E-state index in [1.54, 1.807) is 25.0 Å². The number of urea groups is 1. The van der Waals surface area contributed by atoms with Gasteiger partial charge in [0, 0.05) is 12.5 Å². The first-order valence-electron chi connectivity index (χ1n) is 10.6. The molecule has 1 aromatic carbocycles. The minimum Gasteiger partial charge on any atom is -0.496 e. The number of hydrogen-bond acceptors (Lipinski definition) is 5. The van der Waals surface area contributed by atoms with Crippen molar-refractivity contribution in [2.45, 2.75) is 65.3 Å². The summed E-state index contributed by atoms with van der Waals surface area (Å²) in [6.07, 6.45) is 5.04. The Bertz CT molecular complexity index is 790. The second kappa shape index (κ2) is 13.3. The number of carbonyl (C=O) groups excluding carboxylic acids is 2. The zero-order valence-corrected chi connectivity index (χ0v) is 19.1. The Balaban J connectivity index is 0.000000861. The molecule has 8 heteroatoms. The summed E-state index contributed by atoms with van der Waals surface area (Å²) in [7, 11) is 3.06. The van der Waals surface area contributed by atoms with Crippen LogP contribution in [0.4, 0.5) is 4.79 Å². The number of ether oxygens (including phenoxy) is 2. The molecule has 1 heterocycles. The van der Waals surface area contributed by atoms with E-state index in [0.717, 1.165) is 32.1 Å². The van der Waals surface area contributed by atoms with Gasteiger partial charge in [-0.15, -0.1) is 0 Å². The molecule has 1 atom stereocenters. The van der Waals surface area contributed by atoms with Crippen molar-refractivity contribution >= 4 is 23.7 Å². The molecule has 0 saturated carbocycles. The average molecular weight is 435 g/mol. The highest BCUT2D eigenvalue weighted by molar-refractivity contribution is 6.15. The molecule has 8 nitrogen and oxygen atoms in total. The average Bonchev–Trinajstić information content (AvgIpc) is 3.06. The number of carboxylic acids is 1. The van der Waals surface area contributed by atoms with E-state index in [1.165, 1.54) is 7.11 Å². The molecule has 0 spiro atoms. The fraction of sp³-hybridized carbons (Fsp3) is 0.522. The van der Waals surface area contributed by atoms with Crippen LogP contribution >= 0.6 is 0 Å². The van der Waals surface area contributed by atoms with Gasteiger partial charge >= 0.3 is 12.0 Å². The predicted molar refractivity (Wildman–Crippen MR) is 118 cm³/mol. The molecule has 1 fully saturated rings. The number of nitrogens with zero attached hydrogens (tertiary/aromatic N) is 1. The Labute approximate surface area is 184 Å². The molecule has 3 amide bonds. The normalized spacial score (nSPS) is 15.6. The van der Waals surface area contributed by atoms with E-state index in [4.69, 9.17) is 14.6 Å². The highest BCUT2D eigenvalue weighted by atomic mass is 16.5. The van der Waals surface area contributed by atoms with Crippen LogP contribution in [0, 0.1) is 0 Å². The molecule has 1 aliphatic heterocycles. The van der Waals surface area contributed by atoms with Gasteiger partial charge in [0.25, 0.3) is 5.91 Å². The Morgan fingerprint density at radius 2 is 1.77 bits per heavy atom. The summed E-state index contributed by atoms with van der Waals surface area (Å²) in [5, 5.41) is 10.1. The first-order chi connectivity index (χ1) is 14.9. The summed E-state index contributed by atoms with van der Waals surface area (Å²) in [6.45, 7) is 5.77. The maximum Gasteiger partial charge on any atom is 0.329 e. The molecule has 0 bridgehead atoms. The SMILES string of the molecule is CCC(=O)O.CCCCCC(CC)N1C(=O)NC(=O)C1=C(OC)c1ccccc1OC. The predicted octanol–water partition coefficient (Wildman–Crippen LogP) is 4.40. The van der Waals surface area contributed by atoms with Crippen LogP contribution in [0.3, 0.4) is 0 Å². The summed E-state index contributed by atoms with van der Waals surface area (Å²) < 4.78 is 11.0. The van der Waals surface area contributed by atoms with Gasteiger partial charge in [0.15, 0.2) is 11.5 Å². The molecule has 1 saturated heterocycles. The number of rotatable bonds is 10. The molecule has 1 aliphatic rings. The number of carboxylic acid groups (broad SMARTS) is 1. The van der Waals surface area contributed by atoms with Gasteiger partial charge in [-0.3, -0.25) is 19.8 Å². The van der Waals surface area contributed by atoms with Crippen molar-refractivity contribution < 1.29 is 29.0 Å². The van der Waals surface area contributed by atoms with E-state index in [-0.39, 0.29) is 18.2 Å². The van der Waals surface area contributed by atoms with Crippen molar-refractivity contribution in [2.75, 3.05) is 14.2 Å². The highest BCUT2D eigenvalue weighted by Crippen LogP contribution is 2.33. The van der Waals surface area contributed by atoms with Gasteiger partial charge in [-0.2, -0.15) is 0 Å². The Hall–Kier alpha value is -3.03. The van der Waals surface area contributed by atoms with Crippen LogP contribution in [0.25, 0.3) is 5.76 Å². The van der Waals surface area contributed by atoms with Gasteiger partial charge in [0.2, 0.25) is 0 Å². The lowest BCUT2D eigenvalue weighted by molar-refractivity contribution is -0.136. The smallest absolute Gasteiger partial charge is 0.329 e. The summed E-state index contributed by atoms with van der Waals surface area (Å²) in [5.41, 5.74) is 0.899. The van der Waals surface area contributed by atoms with Crippen LogP contribution in [0.1, 0.15) is 64.9 Å². The molecular formula is C23H34N2O6. The molecular weight excluding hydrogens is 400 g/mol. The number of nitrogens with one attached hydrogen (secondary N) is 1. The lowest BCUT2D eigenvalue weighted by atomic mass is 10.0. The number of amides is 3. The lowest BCUT2D eigenvalue weighted by Crippen LogP contribution is -2.37. The van der Waals surface area contributed by atoms with E-state index >= 15 is 0 Å². The fourth-order valence-electron chi connectivity index (χ4n) is 3.30. The van der Waals surface area contributed by atoms with Crippen molar-refractivity contribution in [3.8, 4) is 5.75 Å². The fourth-order valence-corrected chi connectivity index (χ4v) is 3.30. The van der Waals surface area contributed by atoms with Gasteiger partial charge in [-0.05, 0) is 25.0 Å². The van der Waals surface area contributed by atoms with Crippen molar-refractivity contribution in [3.63, 3.8) is 0 Å². The minimum absolute atomic E-state index is 0.0529. The molecule has 172 valence electrons. The molecule has 31 heavy (non-hydrogen) atoms. The largest absolute Gasteiger partial charge is 0.496 e. The first-order valence-corrected chi connectivity index (χ1v) is 10.6. The Kier molecular flexibility index (Phi) is 11.2. The van der Waals surface area contributed by atoms with Gasteiger partial charge in [0.05, 0.1) is 19.8 Å². The maximum atomic E-state index is 12.6. The number of imide groups is 1. The van der Waals surface area contributed by atoms with Crippen molar-refractivity contribution in [1.29, 1.82) is 0 Å². The molecule has 0 aliphatic carbocycles. The number of hydrogen-bond donors (Lipinski definition) is 2. The quantitative estimate of drug-likeness (QED) is 0.245. The third-order valence-corrected chi connectivity index (χ3v) is 4.95. The molecule has 0 aromatic heterocycles. The van der Waals surface area contributed by atoms with Crippen molar-refractivity contribution in [3.05, 3.63) is 35.5 Å². The summed E-state index contributed by atoms with van der Waals surface area (Å²) in [4.78, 5) is 36.0. The van der Waals surface area contributed by atoms with E-state index in [0.29, 0.717) is 17.1 Å². The Morgan fingerprint density at radius 3 is 2.29 bits per heavy atom. The third-order valence-electron chi connectivity index (χ3n) is 4.95. The number of methoxy groups -OCH3 is 2. The van der Waals surface area contributed by atoms with E-state index in [1.807, 2.05) is 25.1 Å². The van der Waals surface area contributed by atoms with Gasteiger partial charge in [-0.1, -0.05) is 52.2 Å². The lowest BCUT2D eigenvalue weighted by Gasteiger charge is -2.27. The number of benzene rings is 1. The van der Waals surface area contributed by atoms with Crippen LogP contribution in [-0.2, 0) is 14.3 Å². The molecule has 1 unspecified atom stereocenters. The molecule has 0 radical (unpaired) electrons. The van der Waals surface area contributed by atoms with Crippen LogP contribution in [-0.4, -0.2) is 48.2 Å². The topological polar surface area (TPSA) is 105 Å². The summed E-state index contributed by atoms with van der Waals surface area (Å²) >= 11 is 0. The number of para-hydroxylation sites is 1. The van der Waals surface area contributed by atoms with E-state index in [9.17, 15) is 14.4 Å². The van der Waals surface area contributed by atoms with Crippen LogP contribution < -0.4 is 10.1 Å². The molecule has 2 rings (SSSR count). The number of carbonyl (C=O) groups is 3. The monoisotopic (exact) mass is 434 g/mol. The standard InChI is InChI=1S/C20H28N2O4.C3H6O2/c1-5-7-8-11-14(6-2)22-17(19(23)21-20(22)24)18(26-4)15-12-9-10-13-16(15)25-3;1-2-3(4)5/h9-10,12-14H,5-8,11H2,1-4H3,(H,21,23,24);2H2,1H3,(H,4,5). The zero-order chi connectivity index (χ0) is 23.4. The van der Waals surface area contributed by atoms with Crippen molar-refractivity contribution in [1.82, 2.24) is 10.2 Å². The number of unbranched alkanes of at least 4 members (excludes halogenated alkanes) is 2. The third kappa shape index (κ3) is 7.01. The van der Waals surface area contributed by atoms with Gasteiger partial charge < -0.3 is 14.6 Å². The summed E-state index contributed by atoms with van der Waals surface area (Å²) in [5.74, 6) is -0.251. The second-order valence-corrected chi connectivity index (χ2v) is 7.02. The number of aliphatic carboxylic acids is 1. The van der Waals surface area contributed by atoms with Gasteiger partial charge in [-0.25, -0.2) is 4.79 Å². The van der Waals surface area contributed by atoms with Crippen LogP contribution in [0.2, 0.25) is 0 Å². The van der Waals surface area contributed by atoms with Gasteiger partial charge in [0.1, 0.15) is 5.75 Å². The molecule has 2 N–H and O–H groups in total. The minimum atomic E-state index is -0.745. The highest BCUT2D eigenvalue weighted by Gasteiger charge is 2.40. The first kappa shape index (κ1) is 26.0. The van der Waals surface area contributed by atoms with E-state index in [2.05, 4.69) is 12.2 Å². The Morgan fingerprint density at radius 1 is 1.13 bits per heavy atom. The second-order valence-electron chi connectivity index (χ2n) is 7.02. The van der Waals surface area contributed by atoms with Crippen molar-refractivity contribution in [2.24, 2.45) is 0 Å². The van der Waals surface area contributed by atoms with Crippen LogP contribution in [0.5, 0.6) is 5.75 Å². The molecule has 1 aromatic rings. The summed E-state index contributed by atoms with van der Waals surface area (Å²) in [6, 6.07) is 6.86. The van der Waals surface area contributed by atoms with Crippen LogP contribution in [0.15, 0.2) is 30.0 Å². The van der Waals surface area contributed by atoms with E-state index < -0.39 is 17.9 Å².